The molecule has 1 aliphatic heterocycles. The van der Waals surface area contributed by atoms with Crippen LogP contribution in [0.1, 0.15) is 16.0 Å². The number of aromatic hydroxyl groups is 1. The van der Waals surface area contributed by atoms with E-state index in [-0.39, 0.29) is 18.2 Å². The van der Waals surface area contributed by atoms with Gasteiger partial charge in [0.2, 0.25) is 11.8 Å². The van der Waals surface area contributed by atoms with Crippen LogP contribution in [0.4, 0.5) is 0 Å². The molecule has 6 nitrogen and oxygen atoms in total. The van der Waals surface area contributed by atoms with Gasteiger partial charge in [-0.1, -0.05) is 72.0 Å². The third-order valence-corrected chi connectivity index (χ3v) is 5.53. The Balaban J connectivity index is 1.57. The van der Waals surface area contributed by atoms with E-state index >= 15 is 0 Å². The Morgan fingerprint density at radius 3 is 2.55 bits per heavy atom. The van der Waals surface area contributed by atoms with Crippen molar-refractivity contribution in [3.05, 3.63) is 86.2 Å². The summed E-state index contributed by atoms with van der Waals surface area (Å²) in [5.74, 6) is -0.393. The fraction of sp³-hybridized carbons (Fsp3) is 0.0476. The van der Waals surface area contributed by atoms with E-state index in [2.05, 4.69) is 15.6 Å². The molecule has 0 radical (unpaired) electrons. The number of hydrogen-bond donors (Lipinski definition) is 2. The Kier molecular flexibility index (Phi) is 5.46. The van der Waals surface area contributed by atoms with Crippen LogP contribution in [0.25, 0.3) is 6.08 Å². The van der Waals surface area contributed by atoms with Gasteiger partial charge in [-0.3, -0.25) is 10.2 Å². The number of benzene rings is 2. The zero-order chi connectivity index (χ0) is 20.2. The summed E-state index contributed by atoms with van der Waals surface area (Å²) in [4.78, 5) is 12.9. The molecular weight excluding hydrogens is 404 g/mol. The molecule has 144 valence electrons. The van der Waals surface area contributed by atoms with Crippen LogP contribution in [0.5, 0.6) is 5.88 Å². The molecule has 0 atom stereocenters. The van der Waals surface area contributed by atoms with Gasteiger partial charge in [0.05, 0.1) is 17.5 Å². The molecule has 0 aliphatic carbocycles. The molecule has 0 spiro atoms. The van der Waals surface area contributed by atoms with Crippen molar-refractivity contribution in [2.45, 2.75) is 6.42 Å². The Morgan fingerprint density at radius 1 is 1.14 bits per heavy atom. The molecule has 1 aliphatic rings. The summed E-state index contributed by atoms with van der Waals surface area (Å²) in [7, 11) is 0. The SMILES string of the molecule is O=C(Cc1ccccc1)Nn1c(O)c(C=C2C=NN=C2c2ccccc2)sc1=S. The predicted molar refractivity (Wildman–Crippen MR) is 119 cm³/mol. The molecule has 0 saturated carbocycles. The highest BCUT2D eigenvalue weighted by Crippen LogP contribution is 2.28. The number of amides is 1. The number of nitrogens with zero attached hydrogens (tertiary/aromatic N) is 3. The van der Waals surface area contributed by atoms with Gasteiger partial charge >= 0.3 is 0 Å². The van der Waals surface area contributed by atoms with Gasteiger partial charge in [0.1, 0.15) is 5.71 Å². The molecule has 4 rings (SSSR count). The van der Waals surface area contributed by atoms with Gasteiger partial charge in [-0.25, -0.2) is 0 Å². The summed E-state index contributed by atoms with van der Waals surface area (Å²) in [6.45, 7) is 0. The first-order chi connectivity index (χ1) is 14.1. The molecule has 0 unspecified atom stereocenters. The minimum Gasteiger partial charge on any atom is -0.492 e. The number of rotatable bonds is 5. The summed E-state index contributed by atoms with van der Waals surface area (Å²) in [5, 5.41) is 18.8. The zero-order valence-corrected chi connectivity index (χ0v) is 16.8. The van der Waals surface area contributed by atoms with Crippen molar-refractivity contribution in [2.24, 2.45) is 10.2 Å². The topological polar surface area (TPSA) is 79.0 Å². The summed E-state index contributed by atoms with van der Waals surface area (Å²) in [6.07, 6.45) is 3.58. The lowest BCUT2D eigenvalue weighted by atomic mass is 10.0. The minimum absolute atomic E-state index is 0.123. The zero-order valence-electron chi connectivity index (χ0n) is 15.1. The van der Waals surface area contributed by atoms with Crippen molar-refractivity contribution in [1.82, 2.24) is 4.68 Å². The second-order valence-corrected chi connectivity index (χ2v) is 7.92. The molecule has 0 saturated heterocycles. The highest BCUT2D eigenvalue weighted by molar-refractivity contribution is 7.73. The molecule has 2 aromatic carbocycles. The Hall–Kier alpha value is -3.36. The van der Waals surface area contributed by atoms with Crippen molar-refractivity contribution in [2.75, 3.05) is 5.43 Å². The highest BCUT2D eigenvalue weighted by Gasteiger charge is 2.17. The standard InChI is InChI=1S/C21H16N4O2S2/c26-18(11-14-7-3-1-4-8-14)24-25-20(27)17(29-21(25)28)12-16-13-22-23-19(16)15-9-5-2-6-10-15/h1-10,12-13,27H,11H2,(H,24,26). The van der Waals surface area contributed by atoms with Crippen molar-refractivity contribution in [3.63, 3.8) is 0 Å². The number of hydrogen-bond acceptors (Lipinski definition) is 6. The maximum absolute atomic E-state index is 12.3. The monoisotopic (exact) mass is 420 g/mol. The molecule has 0 fully saturated rings. The normalized spacial score (nSPS) is 14.2. The largest absolute Gasteiger partial charge is 0.492 e. The van der Waals surface area contributed by atoms with Crippen molar-refractivity contribution in [3.8, 4) is 5.88 Å². The van der Waals surface area contributed by atoms with E-state index in [1.165, 1.54) is 16.0 Å². The second kappa shape index (κ2) is 8.34. The van der Waals surface area contributed by atoms with Gasteiger partial charge in [-0.05, 0) is 23.9 Å². The van der Waals surface area contributed by atoms with E-state index in [9.17, 15) is 9.90 Å². The summed E-state index contributed by atoms with van der Waals surface area (Å²) in [6, 6.07) is 19.0. The lowest BCUT2D eigenvalue weighted by molar-refractivity contribution is -0.116. The average Bonchev–Trinajstić information content (AvgIpc) is 3.30. The fourth-order valence-corrected chi connectivity index (χ4v) is 4.04. The number of thiazole rings is 1. The summed E-state index contributed by atoms with van der Waals surface area (Å²) < 4.78 is 1.56. The minimum atomic E-state index is -0.270. The van der Waals surface area contributed by atoms with Crippen molar-refractivity contribution >= 4 is 47.5 Å². The average molecular weight is 421 g/mol. The van der Waals surface area contributed by atoms with Crippen LogP contribution in [-0.2, 0) is 11.2 Å². The first kappa shape index (κ1) is 19.0. The van der Waals surface area contributed by atoms with Crippen LogP contribution in [0.3, 0.4) is 0 Å². The fourth-order valence-electron chi connectivity index (χ4n) is 2.86. The lowest BCUT2D eigenvalue weighted by Gasteiger charge is -2.07. The number of nitrogens with one attached hydrogen (secondary N) is 1. The molecular formula is C21H16N4O2S2. The molecule has 3 aromatic rings. The van der Waals surface area contributed by atoms with Crippen LogP contribution >= 0.6 is 23.6 Å². The van der Waals surface area contributed by atoms with Gasteiger partial charge in [-0.2, -0.15) is 9.78 Å². The van der Waals surface area contributed by atoms with E-state index < -0.39 is 0 Å². The molecule has 2 heterocycles. The van der Waals surface area contributed by atoms with E-state index in [1.807, 2.05) is 60.7 Å². The van der Waals surface area contributed by atoms with Gasteiger partial charge in [0.15, 0.2) is 3.95 Å². The Labute approximate surface area is 176 Å². The highest BCUT2D eigenvalue weighted by atomic mass is 32.1. The van der Waals surface area contributed by atoms with Gasteiger partial charge < -0.3 is 5.11 Å². The summed E-state index contributed by atoms with van der Waals surface area (Å²) in [5.41, 5.74) is 5.92. The maximum Gasteiger partial charge on any atom is 0.243 e. The number of allylic oxidation sites excluding steroid dienone is 1. The van der Waals surface area contributed by atoms with Gasteiger partial charge in [-0.15, -0.1) is 5.10 Å². The molecule has 29 heavy (non-hydrogen) atoms. The third kappa shape index (κ3) is 4.23. The molecule has 0 bridgehead atoms. The summed E-state index contributed by atoms with van der Waals surface area (Å²) >= 11 is 6.51. The predicted octanol–water partition coefficient (Wildman–Crippen LogP) is 4.17. The lowest BCUT2D eigenvalue weighted by Crippen LogP contribution is -2.24. The van der Waals surface area contributed by atoms with Crippen molar-refractivity contribution in [1.29, 1.82) is 0 Å². The quantitative estimate of drug-likeness (QED) is 0.608. The first-order valence-corrected chi connectivity index (χ1v) is 10.0. The Morgan fingerprint density at radius 2 is 1.83 bits per heavy atom. The van der Waals surface area contributed by atoms with E-state index in [0.717, 1.165) is 16.7 Å². The number of aromatic nitrogens is 1. The van der Waals surface area contributed by atoms with E-state index in [0.29, 0.717) is 14.5 Å². The smallest absolute Gasteiger partial charge is 0.243 e. The molecule has 8 heteroatoms. The Bertz CT molecular complexity index is 1190. The molecule has 1 amide bonds. The number of carbonyl (C=O) groups is 1. The van der Waals surface area contributed by atoms with Crippen LogP contribution in [-0.4, -0.2) is 27.6 Å². The molecule has 2 N–H and O–H groups in total. The van der Waals surface area contributed by atoms with Crippen LogP contribution in [0.15, 0.2) is 76.4 Å². The first-order valence-electron chi connectivity index (χ1n) is 8.79. The third-order valence-electron chi connectivity index (χ3n) is 4.22. The van der Waals surface area contributed by atoms with E-state index in [4.69, 9.17) is 12.2 Å². The van der Waals surface area contributed by atoms with Crippen LogP contribution in [0.2, 0.25) is 0 Å². The maximum atomic E-state index is 12.3. The van der Waals surface area contributed by atoms with Crippen molar-refractivity contribution < 1.29 is 9.90 Å². The second-order valence-electron chi connectivity index (χ2n) is 6.25. The number of carbonyl (C=O) groups excluding carboxylic acids is 1. The van der Waals surface area contributed by atoms with Crippen LogP contribution < -0.4 is 5.43 Å². The van der Waals surface area contributed by atoms with Crippen LogP contribution in [0, 0.1) is 3.95 Å². The van der Waals surface area contributed by atoms with Gasteiger partial charge in [0, 0.05) is 11.1 Å². The van der Waals surface area contributed by atoms with Gasteiger partial charge in [0.25, 0.3) is 0 Å². The molecule has 1 aromatic heterocycles. The van der Waals surface area contributed by atoms with E-state index in [1.54, 1.807) is 12.3 Å².